The van der Waals surface area contributed by atoms with Crippen molar-refractivity contribution in [3.63, 3.8) is 0 Å². The van der Waals surface area contributed by atoms with Crippen LogP contribution in [0.15, 0.2) is 133 Å². The number of hydrogen-bond acceptors (Lipinski definition) is 15. The quantitative estimate of drug-likeness (QED) is 0.0183. The van der Waals surface area contributed by atoms with Crippen molar-refractivity contribution < 1.29 is 62.3 Å². The number of carbonyl (C=O) groups excluding carboxylic acids is 13. The van der Waals surface area contributed by atoms with E-state index >= 15 is 0 Å². The van der Waals surface area contributed by atoms with Crippen LogP contribution in [0.2, 0.25) is 0 Å². The maximum atomic E-state index is 14.5. The monoisotopic (exact) mass is 1400 g/mol. The van der Waals surface area contributed by atoms with Crippen LogP contribution >= 0.6 is 0 Å². The standard InChI is InChI=1S/C72H93N17O13/c1-43(81-69(99)60(37-49-39-79-53-27-13-11-25-51(49)53)88-71(101)58(35-47-21-7-5-8-22-47)86-67(97)56(30-15-18-32-73)83-62(92)41-77-45(3)90)65(95)76-34-20-17-29-55(64(75)94)85-66(96)44(2)82-70(100)61(38-50-40-80-54-28-14-12-26-52(50)54)89-72(102)59(36-48-23-9-6-10-24-48)87-68(98)57(31-16-19-33-74)84-63(93)42-78-46(4)91/h5-14,21-28,35-36,39-40,43-44,55-57,60-61,79-80H,15-20,29-34,37-38,41-42,73-74H2,1-4H3,(H2,75,94)(H,76,95)(H,77,90)(H,78,91)(H,81,99)(H,82,100)(H,83,92)(H,84,93)(H,85,96)(H,86,97)(H,87,98)(H,88,101)(H,89,102)/b58-35-,59-36+/t43-,44-,55+,56+,57+,60-,61-/m0/s1. The Labute approximate surface area is 590 Å². The Kier molecular flexibility index (Phi) is 32.0. The largest absolute Gasteiger partial charge is 0.368 e. The summed E-state index contributed by atoms with van der Waals surface area (Å²) in [5.41, 5.74) is 20.4. The summed E-state index contributed by atoms with van der Waals surface area (Å²) in [4.78, 5) is 181. The van der Waals surface area contributed by atoms with Gasteiger partial charge in [-0.3, -0.25) is 62.3 Å². The molecule has 0 aliphatic heterocycles. The minimum atomic E-state index is -1.40. The first kappa shape index (κ1) is 79.5. The van der Waals surface area contributed by atoms with E-state index in [1.54, 1.807) is 79.1 Å². The Morgan fingerprint density at radius 1 is 0.412 bits per heavy atom. The third-order valence-corrected chi connectivity index (χ3v) is 16.2. The molecule has 20 N–H and O–H groups in total. The molecular weight excluding hydrogens is 1310 g/mol. The average Bonchev–Trinajstić information content (AvgIpc) is 1.73. The molecule has 0 aliphatic carbocycles. The normalized spacial score (nSPS) is 13.4. The molecule has 30 heteroatoms. The molecule has 13 amide bonds. The van der Waals surface area contributed by atoms with E-state index in [0.717, 1.165) is 21.8 Å². The number of para-hydroxylation sites is 2. The lowest BCUT2D eigenvalue weighted by molar-refractivity contribution is -0.132. The summed E-state index contributed by atoms with van der Waals surface area (Å²) in [6, 6.07) is 22.8. The van der Waals surface area contributed by atoms with Crippen molar-refractivity contribution in [3.8, 4) is 0 Å². The second-order valence-electron chi connectivity index (χ2n) is 24.4. The van der Waals surface area contributed by atoms with Gasteiger partial charge in [0.2, 0.25) is 65.0 Å². The van der Waals surface area contributed by atoms with E-state index in [4.69, 9.17) is 17.2 Å². The molecule has 0 unspecified atom stereocenters. The number of benzene rings is 4. The average molecular weight is 1400 g/mol. The topological polar surface area (TPSA) is 476 Å². The summed E-state index contributed by atoms with van der Waals surface area (Å²) in [7, 11) is 0. The van der Waals surface area contributed by atoms with Crippen LogP contribution in [-0.4, -0.2) is 162 Å². The van der Waals surface area contributed by atoms with E-state index in [1.807, 2.05) is 42.5 Å². The van der Waals surface area contributed by atoms with Gasteiger partial charge in [0.25, 0.3) is 11.8 Å². The molecule has 0 fully saturated rings. The van der Waals surface area contributed by atoms with Crippen LogP contribution in [0.4, 0.5) is 0 Å². The highest BCUT2D eigenvalue weighted by atomic mass is 16.2. The first-order valence-electron chi connectivity index (χ1n) is 33.8. The van der Waals surface area contributed by atoms with Crippen LogP contribution in [-0.2, 0) is 75.2 Å². The van der Waals surface area contributed by atoms with Crippen molar-refractivity contribution in [2.24, 2.45) is 17.2 Å². The predicted molar refractivity (Wildman–Crippen MR) is 383 cm³/mol. The summed E-state index contributed by atoms with van der Waals surface area (Å²) in [5, 5.41) is 32.9. The maximum Gasteiger partial charge on any atom is 0.268 e. The van der Waals surface area contributed by atoms with Gasteiger partial charge in [-0.1, -0.05) is 97.1 Å². The lowest BCUT2D eigenvalue weighted by Crippen LogP contribution is -2.56. The molecule has 0 radical (unpaired) electrons. The van der Waals surface area contributed by atoms with Gasteiger partial charge in [0, 0.05) is 67.4 Å². The Balaban J connectivity index is 1.10. The number of rotatable bonds is 41. The number of hydrogen-bond donors (Lipinski definition) is 17. The molecule has 0 aliphatic rings. The van der Waals surface area contributed by atoms with Crippen LogP contribution in [0.25, 0.3) is 34.0 Å². The Bertz CT molecular complexity index is 3970. The van der Waals surface area contributed by atoms with Gasteiger partial charge < -0.3 is 91.0 Å². The minimum Gasteiger partial charge on any atom is -0.368 e. The molecule has 6 aromatic rings. The van der Waals surface area contributed by atoms with Crippen molar-refractivity contribution in [1.82, 2.24) is 73.8 Å². The lowest BCUT2D eigenvalue weighted by Gasteiger charge is -2.24. The smallest absolute Gasteiger partial charge is 0.268 e. The molecule has 102 heavy (non-hydrogen) atoms. The molecule has 0 bridgehead atoms. The molecule has 544 valence electrons. The summed E-state index contributed by atoms with van der Waals surface area (Å²) >= 11 is 0. The number of carbonyl (C=O) groups is 13. The van der Waals surface area contributed by atoms with Crippen LogP contribution in [0, 0.1) is 0 Å². The lowest BCUT2D eigenvalue weighted by atomic mass is 10.0. The van der Waals surface area contributed by atoms with E-state index < -0.39 is 132 Å². The number of nitrogens with one attached hydrogen (secondary N) is 14. The van der Waals surface area contributed by atoms with Crippen molar-refractivity contribution in [2.75, 3.05) is 32.7 Å². The van der Waals surface area contributed by atoms with Crippen molar-refractivity contribution in [3.05, 3.63) is 155 Å². The molecule has 0 spiro atoms. The summed E-state index contributed by atoms with van der Waals surface area (Å²) in [6.45, 7) is 5.12. The maximum absolute atomic E-state index is 14.5. The van der Waals surface area contributed by atoms with Gasteiger partial charge in [-0.25, -0.2) is 0 Å². The fourth-order valence-electron chi connectivity index (χ4n) is 10.7. The minimum absolute atomic E-state index is 0.00317. The van der Waals surface area contributed by atoms with E-state index in [1.165, 1.54) is 39.8 Å². The molecule has 2 heterocycles. The number of primary amides is 1. The predicted octanol–water partition coefficient (Wildman–Crippen LogP) is 0.484. The summed E-state index contributed by atoms with van der Waals surface area (Å²) in [5.74, 6) is -9.47. The first-order valence-corrected chi connectivity index (χ1v) is 33.8. The molecule has 2 aromatic heterocycles. The summed E-state index contributed by atoms with van der Waals surface area (Å²) in [6.07, 6.45) is 8.57. The third kappa shape index (κ3) is 26.3. The first-order chi connectivity index (χ1) is 48.9. The van der Waals surface area contributed by atoms with Crippen LogP contribution in [0.3, 0.4) is 0 Å². The number of aromatic nitrogens is 2. The van der Waals surface area contributed by atoms with Crippen molar-refractivity contribution >= 4 is 111 Å². The zero-order chi connectivity index (χ0) is 74.1. The Morgan fingerprint density at radius 2 is 0.804 bits per heavy atom. The number of H-pyrrole nitrogens is 2. The van der Waals surface area contributed by atoms with E-state index in [0.29, 0.717) is 61.0 Å². The molecule has 4 aromatic carbocycles. The zero-order valence-corrected chi connectivity index (χ0v) is 57.6. The fourth-order valence-corrected chi connectivity index (χ4v) is 10.7. The van der Waals surface area contributed by atoms with Crippen LogP contribution in [0.1, 0.15) is 108 Å². The van der Waals surface area contributed by atoms with Crippen molar-refractivity contribution in [2.45, 2.75) is 141 Å². The van der Waals surface area contributed by atoms with Crippen molar-refractivity contribution in [1.29, 1.82) is 0 Å². The van der Waals surface area contributed by atoms with Gasteiger partial charge in [-0.15, -0.1) is 0 Å². The molecular formula is C72H93N17O13. The third-order valence-electron chi connectivity index (χ3n) is 16.2. The number of amides is 13. The summed E-state index contributed by atoms with van der Waals surface area (Å²) < 4.78 is 0. The zero-order valence-electron chi connectivity index (χ0n) is 57.6. The van der Waals surface area contributed by atoms with Crippen LogP contribution < -0.4 is 81.0 Å². The van der Waals surface area contributed by atoms with Crippen LogP contribution in [0.5, 0.6) is 0 Å². The number of unbranched alkanes of at least 4 members (excludes halogenated alkanes) is 3. The second kappa shape index (κ2) is 41.1. The van der Waals surface area contributed by atoms with E-state index in [-0.39, 0.29) is 62.9 Å². The SMILES string of the molecule is CC(=O)NCC(=O)N[C@H](CCCCN)C(=O)N/C(=C\c1ccccc1)C(=O)N[C@@H](Cc1c[nH]c2ccccc12)C(=O)N[C@@H](C)C(=O)NCCCC[C@@H](NC(=O)[C@H](C)NC(=O)[C@H](Cc1c[nH]c2ccccc12)NC(=O)/C(=C\c1ccccc1)NC(=O)[C@@H](CCCCN)NC(=O)CNC(C)=O)C(N)=O. The van der Waals surface area contributed by atoms with Gasteiger partial charge in [0.05, 0.1) is 13.1 Å². The van der Waals surface area contributed by atoms with Gasteiger partial charge in [0.15, 0.2) is 0 Å². The van der Waals surface area contributed by atoms with Gasteiger partial charge in [-0.05, 0) is 131 Å². The molecule has 6 rings (SSSR count). The molecule has 7 atom stereocenters. The number of aromatic amines is 2. The fraction of sp³-hybridized carbons (Fsp3) is 0.375. The van der Waals surface area contributed by atoms with E-state index in [2.05, 4.69) is 73.8 Å². The Hall–Kier alpha value is -11.5. The second-order valence-corrected chi connectivity index (χ2v) is 24.4. The number of fused-ring (bicyclic) bond motifs is 2. The van der Waals surface area contributed by atoms with Gasteiger partial charge in [0.1, 0.15) is 53.7 Å². The molecule has 0 saturated heterocycles. The van der Waals surface area contributed by atoms with Gasteiger partial charge >= 0.3 is 0 Å². The molecule has 0 saturated carbocycles. The number of nitrogens with two attached hydrogens (primary N) is 3. The highest BCUT2D eigenvalue weighted by Crippen LogP contribution is 2.22. The molecule has 30 nitrogen and oxygen atoms in total. The van der Waals surface area contributed by atoms with E-state index in [9.17, 15) is 62.3 Å². The Morgan fingerprint density at radius 3 is 1.22 bits per heavy atom. The highest BCUT2D eigenvalue weighted by Gasteiger charge is 2.33. The highest BCUT2D eigenvalue weighted by molar-refractivity contribution is 6.06. The van der Waals surface area contributed by atoms with Gasteiger partial charge in [-0.2, -0.15) is 0 Å².